The highest BCUT2D eigenvalue weighted by atomic mass is 35.5. The first kappa shape index (κ1) is 23.9. The number of hydrogen-bond acceptors (Lipinski definition) is 6. The summed E-state index contributed by atoms with van der Waals surface area (Å²) >= 11 is 19.1. The quantitative estimate of drug-likeness (QED) is 0.220. The number of hydrogen-bond donors (Lipinski definition) is 1. The van der Waals surface area contributed by atoms with Crippen molar-refractivity contribution >= 4 is 64.4 Å². The van der Waals surface area contributed by atoms with E-state index in [1.807, 2.05) is 12.1 Å². The van der Waals surface area contributed by atoms with Gasteiger partial charge in [0.05, 0.1) is 16.2 Å². The van der Waals surface area contributed by atoms with Crippen molar-refractivity contribution in [1.82, 2.24) is 5.43 Å². The fourth-order valence-electron chi connectivity index (χ4n) is 2.41. The van der Waals surface area contributed by atoms with Crippen molar-refractivity contribution in [2.24, 2.45) is 5.10 Å². The molecule has 0 heterocycles. The Labute approximate surface area is 202 Å². The Morgan fingerprint density at radius 2 is 1.78 bits per heavy atom. The van der Waals surface area contributed by atoms with Crippen LogP contribution in [0, 0.1) is 10.1 Å². The molecule has 0 aliphatic heterocycles. The van der Waals surface area contributed by atoms with E-state index in [1.165, 1.54) is 36.2 Å². The van der Waals surface area contributed by atoms with Crippen molar-refractivity contribution < 1.29 is 14.5 Å². The summed E-state index contributed by atoms with van der Waals surface area (Å²) in [5, 5.41) is 16.4. The molecule has 0 saturated heterocycles. The predicted octanol–water partition coefficient (Wildman–Crippen LogP) is 6.24. The topological polar surface area (TPSA) is 93.8 Å². The first-order valence-electron chi connectivity index (χ1n) is 8.93. The van der Waals surface area contributed by atoms with E-state index < -0.39 is 10.8 Å². The van der Waals surface area contributed by atoms with Crippen LogP contribution in [0.1, 0.15) is 5.56 Å². The van der Waals surface area contributed by atoms with E-state index in [1.54, 1.807) is 30.3 Å². The molecule has 3 rings (SSSR count). The number of non-ortho nitro benzene ring substituents is 1. The van der Waals surface area contributed by atoms with Gasteiger partial charge < -0.3 is 4.74 Å². The zero-order valence-electron chi connectivity index (χ0n) is 16.1. The Kier molecular flexibility index (Phi) is 8.35. The van der Waals surface area contributed by atoms with Crippen molar-refractivity contribution in [3.8, 4) is 5.75 Å². The highest BCUT2D eigenvalue weighted by Gasteiger charge is 2.11. The van der Waals surface area contributed by atoms with Gasteiger partial charge in [0.25, 0.3) is 11.6 Å². The van der Waals surface area contributed by atoms with Gasteiger partial charge in [-0.15, -0.1) is 0 Å². The number of hydrazone groups is 1. The summed E-state index contributed by atoms with van der Waals surface area (Å²) in [6, 6.07) is 16.2. The molecule has 164 valence electrons. The fourth-order valence-corrected chi connectivity index (χ4v) is 3.90. The number of halogens is 3. The largest absolute Gasteiger partial charge is 0.482 e. The van der Waals surface area contributed by atoms with Crippen LogP contribution in [0.15, 0.2) is 75.6 Å². The van der Waals surface area contributed by atoms with Gasteiger partial charge in [-0.05, 0) is 48.5 Å². The average molecular weight is 511 g/mol. The molecule has 0 aliphatic rings. The van der Waals surface area contributed by atoms with Gasteiger partial charge in [0, 0.05) is 37.5 Å². The molecule has 0 bridgehead atoms. The van der Waals surface area contributed by atoms with E-state index >= 15 is 0 Å². The number of rotatable bonds is 8. The number of nitrogens with one attached hydrogen (secondary N) is 1. The number of amides is 1. The molecular weight excluding hydrogens is 497 g/mol. The van der Waals surface area contributed by atoms with E-state index in [-0.39, 0.29) is 17.3 Å². The number of ether oxygens (including phenoxy) is 1. The van der Waals surface area contributed by atoms with E-state index in [9.17, 15) is 14.9 Å². The number of benzene rings is 3. The van der Waals surface area contributed by atoms with Crippen LogP contribution in [-0.4, -0.2) is 23.7 Å². The summed E-state index contributed by atoms with van der Waals surface area (Å²) in [5.41, 5.74) is 2.68. The van der Waals surface area contributed by atoms with E-state index in [0.717, 1.165) is 4.90 Å². The monoisotopic (exact) mass is 509 g/mol. The molecule has 0 aliphatic carbocycles. The number of nitro groups is 1. The lowest BCUT2D eigenvalue weighted by Crippen LogP contribution is -2.24. The molecule has 0 saturated carbocycles. The number of carbonyl (C=O) groups excluding carboxylic acids is 1. The van der Waals surface area contributed by atoms with Crippen LogP contribution < -0.4 is 10.2 Å². The van der Waals surface area contributed by atoms with Gasteiger partial charge in [-0.1, -0.05) is 46.6 Å². The van der Waals surface area contributed by atoms with Crippen molar-refractivity contribution in [3.63, 3.8) is 0 Å². The smallest absolute Gasteiger partial charge is 0.277 e. The third-order valence-corrected chi connectivity index (χ3v) is 5.77. The molecule has 32 heavy (non-hydrogen) atoms. The second kappa shape index (κ2) is 11.2. The summed E-state index contributed by atoms with van der Waals surface area (Å²) < 4.78 is 5.34. The van der Waals surface area contributed by atoms with Crippen LogP contribution in [0.5, 0.6) is 5.75 Å². The molecule has 0 unspecified atom stereocenters. The second-order valence-electron chi connectivity index (χ2n) is 6.19. The molecule has 1 N–H and O–H groups in total. The van der Waals surface area contributed by atoms with Gasteiger partial charge in [-0.3, -0.25) is 14.9 Å². The summed E-state index contributed by atoms with van der Waals surface area (Å²) in [4.78, 5) is 24.3. The van der Waals surface area contributed by atoms with Gasteiger partial charge in [0.2, 0.25) is 0 Å². The maximum Gasteiger partial charge on any atom is 0.277 e. The van der Waals surface area contributed by atoms with E-state index in [2.05, 4.69) is 10.5 Å². The molecule has 0 atom stereocenters. The summed E-state index contributed by atoms with van der Waals surface area (Å²) in [6.45, 7) is -0.333. The maximum absolute atomic E-state index is 12.0. The van der Waals surface area contributed by atoms with Crippen LogP contribution in [0.25, 0.3) is 0 Å². The molecule has 0 radical (unpaired) electrons. The SMILES string of the molecule is O=C(COc1ccc(Cl)cc1Cl)N/N=C/c1cc([N+](=O)[O-])ccc1Sc1ccc(Cl)cc1. The maximum atomic E-state index is 12.0. The molecule has 0 aromatic heterocycles. The normalized spacial score (nSPS) is 10.8. The van der Waals surface area contributed by atoms with Gasteiger partial charge in [0.15, 0.2) is 6.61 Å². The van der Waals surface area contributed by atoms with Crippen molar-refractivity contribution in [2.75, 3.05) is 6.61 Å². The number of carbonyl (C=O) groups is 1. The zero-order valence-corrected chi connectivity index (χ0v) is 19.2. The molecule has 3 aromatic carbocycles. The van der Waals surface area contributed by atoms with Crippen LogP contribution >= 0.6 is 46.6 Å². The van der Waals surface area contributed by atoms with E-state index in [4.69, 9.17) is 39.5 Å². The Morgan fingerprint density at radius 3 is 2.47 bits per heavy atom. The first-order chi connectivity index (χ1) is 15.3. The predicted molar refractivity (Wildman–Crippen MR) is 126 cm³/mol. The Hall–Kier alpha value is -2.78. The van der Waals surface area contributed by atoms with Crippen LogP contribution in [-0.2, 0) is 4.79 Å². The zero-order chi connectivity index (χ0) is 23.1. The van der Waals surface area contributed by atoms with Crippen LogP contribution in [0.4, 0.5) is 5.69 Å². The molecule has 3 aromatic rings. The molecule has 0 spiro atoms. The summed E-state index contributed by atoms with van der Waals surface area (Å²) in [6.07, 6.45) is 1.33. The van der Waals surface area contributed by atoms with Gasteiger partial charge in [-0.25, -0.2) is 5.43 Å². The minimum atomic E-state index is -0.537. The van der Waals surface area contributed by atoms with Crippen molar-refractivity contribution in [3.05, 3.63) is 91.4 Å². The highest BCUT2D eigenvalue weighted by Crippen LogP contribution is 2.32. The minimum Gasteiger partial charge on any atom is -0.482 e. The molecule has 7 nitrogen and oxygen atoms in total. The lowest BCUT2D eigenvalue weighted by atomic mass is 10.2. The highest BCUT2D eigenvalue weighted by molar-refractivity contribution is 7.99. The Morgan fingerprint density at radius 1 is 1.06 bits per heavy atom. The lowest BCUT2D eigenvalue weighted by Gasteiger charge is -2.08. The summed E-state index contributed by atoms with van der Waals surface area (Å²) in [7, 11) is 0. The number of nitro benzene ring substituents is 1. The van der Waals surface area contributed by atoms with Gasteiger partial charge >= 0.3 is 0 Å². The molecule has 1 amide bonds. The fraction of sp³-hybridized carbons (Fsp3) is 0.0476. The van der Waals surface area contributed by atoms with Crippen LogP contribution in [0.3, 0.4) is 0 Å². The third-order valence-electron chi connectivity index (χ3n) is 3.89. The van der Waals surface area contributed by atoms with E-state index in [0.29, 0.717) is 26.3 Å². The first-order valence-corrected chi connectivity index (χ1v) is 10.9. The Balaban J connectivity index is 1.68. The Bertz CT molecular complexity index is 1170. The van der Waals surface area contributed by atoms with Gasteiger partial charge in [-0.2, -0.15) is 5.10 Å². The lowest BCUT2D eigenvalue weighted by molar-refractivity contribution is -0.384. The van der Waals surface area contributed by atoms with Crippen LogP contribution in [0.2, 0.25) is 15.1 Å². The van der Waals surface area contributed by atoms with Crippen molar-refractivity contribution in [1.29, 1.82) is 0 Å². The molecular formula is C21H14Cl3N3O4S. The summed E-state index contributed by atoms with van der Waals surface area (Å²) in [5.74, 6) is -0.236. The standard InChI is InChI=1S/C21H14Cl3N3O4S/c22-14-1-5-17(6-2-14)32-20-8-4-16(27(29)30)9-13(20)11-25-26-21(28)12-31-19-7-3-15(23)10-18(19)24/h1-11H,12H2,(H,26,28)/b25-11+. The number of nitrogens with zero attached hydrogens (tertiary/aromatic N) is 2. The molecule has 0 fully saturated rings. The minimum absolute atomic E-state index is 0.0982. The third kappa shape index (κ3) is 6.86. The average Bonchev–Trinajstić information content (AvgIpc) is 2.75. The van der Waals surface area contributed by atoms with Gasteiger partial charge in [0.1, 0.15) is 5.75 Å². The second-order valence-corrected chi connectivity index (χ2v) is 8.59. The molecule has 11 heteroatoms. The van der Waals surface area contributed by atoms with Crippen molar-refractivity contribution in [2.45, 2.75) is 9.79 Å².